The molecular formula is C24H26N8O. The van der Waals surface area contributed by atoms with E-state index in [1.54, 1.807) is 25.7 Å². The number of pyridine rings is 2. The third-order valence-corrected chi connectivity index (χ3v) is 5.64. The molecule has 33 heavy (non-hydrogen) atoms. The molecule has 4 aromatic rings. The minimum atomic E-state index is 0.0720. The number of aromatic nitrogens is 4. The van der Waals surface area contributed by atoms with E-state index in [0.717, 1.165) is 42.1 Å². The van der Waals surface area contributed by atoms with Crippen LogP contribution in [0, 0.1) is 0 Å². The van der Waals surface area contributed by atoms with E-state index >= 15 is 0 Å². The lowest BCUT2D eigenvalue weighted by molar-refractivity contribution is 0.418. The summed E-state index contributed by atoms with van der Waals surface area (Å²) in [4.78, 5) is 20.7. The van der Waals surface area contributed by atoms with Gasteiger partial charge in [0, 0.05) is 44.1 Å². The Bertz CT molecular complexity index is 1240. The number of piperazine rings is 1. The number of nitrogens with one attached hydrogen (secondary N) is 3. The fraction of sp³-hybridized carbons (Fsp3) is 0.250. The molecule has 0 spiro atoms. The third kappa shape index (κ3) is 4.15. The van der Waals surface area contributed by atoms with Gasteiger partial charge in [0.05, 0.1) is 36.6 Å². The van der Waals surface area contributed by atoms with Gasteiger partial charge in [-0.1, -0.05) is 18.2 Å². The highest BCUT2D eigenvalue weighted by molar-refractivity contribution is 5.95. The maximum absolute atomic E-state index is 5.47. The molecular weight excluding hydrogens is 416 g/mol. The van der Waals surface area contributed by atoms with Gasteiger partial charge in [-0.3, -0.25) is 10.3 Å². The number of nitrogens with zero attached hydrogens (tertiary/aromatic N) is 5. The summed E-state index contributed by atoms with van der Waals surface area (Å²) in [6.07, 6.45) is 5.26. The highest BCUT2D eigenvalue weighted by Gasteiger charge is 2.24. The zero-order valence-corrected chi connectivity index (χ0v) is 18.6. The molecule has 1 saturated heterocycles. The SMILES string of the molecule is CNc1nc(-c2ccnc(N(c3ccccc3)C3CNCCN3)c2)nc2cncc(OC)c12. The van der Waals surface area contributed by atoms with Crippen LogP contribution in [0.2, 0.25) is 0 Å². The van der Waals surface area contributed by atoms with Crippen LogP contribution in [0.4, 0.5) is 17.3 Å². The molecule has 0 amide bonds. The zero-order chi connectivity index (χ0) is 22.6. The zero-order valence-electron chi connectivity index (χ0n) is 18.6. The first-order chi connectivity index (χ1) is 16.3. The second kappa shape index (κ2) is 9.35. The predicted octanol–water partition coefficient (Wildman–Crippen LogP) is 2.79. The first-order valence-electron chi connectivity index (χ1n) is 10.9. The number of ether oxygens (including phenoxy) is 1. The van der Waals surface area contributed by atoms with Crippen LogP contribution in [-0.4, -0.2) is 59.9 Å². The van der Waals surface area contributed by atoms with E-state index in [1.165, 1.54) is 0 Å². The van der Waals surface area contributed by atoms with Gasteiger partial charge in [0.2, 0.25) is 0 Å². The van der Waals surface area contributed by atoms with Gasteiger partial charge in [0.15, 0.2) is 5.82 Å². The van der Waals surface area contributed by atoms with Gasteiger partial charge >= 0.3 is 0 Å². The van der Waals surface area contributed by atoms with Crippen LogP contribution in [0.5, 0.6) is 5.75 Å². The summed E-state index contributed by atoms with van der Waals surface area (Å²) in [7, 11) is 3.45. The van der Waals surface area contributed by atoms with Crippen molar-refractivity contribution in [3.05, 3.63) is 61.1 Å². The van der Waals surface area contributed by atoms with Gasteiger partial charge in [-0.25, -0.2) is 15.0 Å². The van der Waals surface area contributed by atoms with E-state index in [2.05, 4.69) is 38.0 Å². The average Bonchev–Trinajstić information content (AvgIpc) is 2.89. The Balaban J connectivity index is 1.60. The minimum absolute atomic E-state index is 0.0720. The van der Waals surface area contributed by atoms with E-state index in [9.17, 15) is 0 Å². The van der Waals surface area contributed by atoms with Gasteiger partial charge < -0.3 is 20.3 Å². The Kier molecular flexibility index (Phi) is 5.97. The fourth-order valence-electron chi connectivity index (χ4n) is 4.09. The number of para-hydroxylation sites is 1. The Labute approximate surface area is 192 Å². The molecule has 0 saturated carbocycles. The second-order valence-corrected chi connectivity index (χ2v) is 7.66. The molecule has 0 aliphatic carbocycles. The smallest absolute Gasteiger partial charge is 0.162 e. The molecule has 168 valence electrons. The first kappa shape index (κ1) is 21.0. The number of hydrogen-bond donors (Lipinski definition) is 3. The van der Waals surface area contributed by atoms with Crippen LogP contribution < -0.4 is 25.6 Å². The molecule has 1 fully saturated rings. The summed E-state index contributed by atoms with van der Waals surface area (Å²) in [5.41, 5.74) is 2.64. The molecule has 3 aromatic heterocycles. The largest absolute Gasteiger partial charge is 0.494 e. The van der Waals surface area contributed by atoms with Gasteiger partial charge in [-0.05, 0) is 24.3 Å². The van der Waals surface area contributed by atoms with Crippen molar-refractivity contribution < 1.29 is 4.74 Å². The van der Waals surface area contributed by atoms with E-state index in [0.29, 0.717) is 22.9 Å². The van der Waals surface area contributed by atoms with E-state index < -0.39 is 0 Å². The van der Waals surface area contributed by atoms with Crippen LogP contribution in [0.15, 0.2) is 61.1 Å². The third-order valence-electron chi connectivity index (χ3n) is 5.64. The van der Waals surface area contributed by atoms with Gasteiger partial charge in [-0.2, -0.15) is 0 Å². The number of benzene rings is 1. The molecule has 1 atom stereocenters. The fourth-order valence-corrected chi connectivity index (χ4v) is 4.09. The van der Waals surface area contributed by atoms with E-state index in [-0.39, 0.29) is 6.17 Å². The van der Waals surface area contributed by atoms with Crippen LogP contribution in [0.3, 0.4) is 0 Å². The van der Waals surface area contributed by atoms with Crippen molar-refractivity contribution in [2.24, 2.45) is 0 Å². The molecule has 3 N–H and O–H groups in total. The predicted molar refractivity (Wildman–Crippen MR) is 130 cm³/mol. The van der Waals surface area contributed by atoms with Crippen LogP contribution in [-0.2, 0) is 0 Å². The van der Waals surface area contributed by atoms with Crippen molar-refractivity contribution in [3.63, 3.8) is 0 Å². The lowest BCUT2D eigenvalue weighted by Gasteiger charge is -2.36. The monoisotopic (exact) mass is 442 g/mol. The summed E-state index contributed by atoms with van der Waals surface area (Å²) >= 11 is 0. The maximum atomic E-state index is 5.47. The molecule has 1 aliphatic rings. The minimum Gasteiger partial charge on any atom is -0.494 e. The summed E-state index contributed by atoms with van der Waals surface area (Å²) in [5.74, 6) is 2.72. The highest BCUT2D eigenvalue weighted by Crippen LogP contribution is 2.33. The molecule has 1 aliphatic heterocycles. The quantitative estimate of drug-likeness (QED) is 0.416. The molecule has 0 radical (unpaired) electrons. The van der Waals surface area contributed by atoms with Crippen molar-refractivity contribution in [1.29, 1.82) is 0 Å². The van der Waals surface area contributed by atoms with Crippen molar-refractivity contribution in [3.8, 4) is 17.1 Å². The molecule has 5 rings (SSSR count). The Morgan fingerprint density at radius 1 is 1.09 bits per heavy atom. The van der Waals surface area contributed by atoms with Crippen molar-refractivity contribution in [2.45, 2.75) is 6.17 Å². The van der Waals surface area contributed by atoms with Crippen LogP contribution >= 0.6 is 0 Å². The number of fused-ring (bicyclic) bond motifs is 1. The normalized spacial score (nSPS) is 15.9. The Morgan fingerprint density at radius 3 is 2.73 bits per heavy atom. The summed E-state index contributed by atoms with van der Waals surface area (Å²) in [5, 5.41) is 11.0. The van der Waals surface area contributed by atoms with Gasteiger partial charge in [-0.15, -0.1) is 0 Å². The lowest BCUT2D eigenvalue weighted by Crippen LogP contribution is -2.56. The summed E-state index contributed by atoms with van der Waals surface area (Å²) < 4.78 is 5.47. The average molecular weight is 443 g/mol. The molecule has 9 heteroatoms. The van der Waals surface area contributed by atoms with Gasteiger partial charge in [0.1, 0.15) is 17.4 Å². The summed E-state index contributed by atoms with van der Waals surface area (Å²) in [6.45, 7) is 2.65. The molecule has 0 bridgehead atoms. The van der Waals surface area contributed by atoms with Crippen molar-refractivity contribution in [2.75, 3.05) is 44.0 Å². The number of methoxy groups -OCH3 is 1. The number of anilines is 3. The van der Waals surface area contributed by atoms with Crippen molar-refractivity contribution >= 4 is 28.2 Å². The Hall–Kier alpha value is -3.82. The first-order valence-corrected chi connectivity index (χ1v) is 10.9. The molecule has 9 nitrogen and oxygen atoms in total. The second-order valence-electron chi connectivity index (χ2n) is 7.66. The number of rotatable bonds is 6. The number of hydrogen-bond acceptors (Lipinski definition) is 9. The lowest BCUT2D eigenvalue weighted by atomic mass is 10.2. The standard InChI is InChI=1S/C24H26N8O/c1-25-24-22-18(13-27-14-19(22)33-2)30-23(31-24)16-8-9-28-20(12-16)32(17-6-4-3-5-7-17)21-15-26-10-11-29-21/h3-9,12-14,21,26,29H,10-11,15H2,1-2H3,(H,25,30,31). The van der Waals surface area contributed by atoms with Gasteiger partial charge in [0.25, 0.3) is 0 Å². The topological polar surface area (TPSA) is 100 Å². The van der Waals surface area contributed by atoms with E-state index in [4.69, 9.17) is 19.7 Å². The van der Waals surface area contributed by atoms with Crippen LogP contribution in [0.25, 0.3) is 22.3 Å². The molecule has 1 aromatic carbocycles. The Morgan fingerprint density at radius 2 is 1.97 bits per heavy atom. The van der Waals surface area contributed by atoms with Crippen LogP contribution in [0.1, 0.15) is 0 Å². The summed E-state index contributed by atoms with van der Waals surface area (Å²) in [6, 6.07) is 14.2. The van der Waals surface area contributed by atoms with E-state index in [1.807, 2.05) is 37.4 Å². The molecule has 4 heterocycles. The molecule has 1 unspecified atom stereocenters. The maximum Gasteiger partial charge on any atom is 0.162 e. The highest BCUT2D eigenvalue weighted by atomic mass is 16.5. The van der Waals surface area contributed by atoms with Crippen molar-refractivity contribution in [1.82, 2.24) is 30.6 Å².